The van der Waals surface area contributed by atoms with Crippen LogP contribution in [0.1, 0.15) is 18.2 Å². The van der Waals surface area contributed by atoms with Gasteiger partial charge in [-0.25, -0.2) is 4.79 Å². The third-order valence-electron chi connectivity index (χ3n) is 3.13. The lowest BCUT2D eigenvalue weighted by atomic mass is 10.1. The second kappa shape index (κ2) is 3.80. The predicted molar refractivity (Wildman–Crippen MR) is 64.6 cm³/mol. The molecule has 0 saturated heterocycles. The number of H-pyrrole nitrogens is 1. The van der Waals surface area contributed by atoms with Crippen molar-refractivity contribution in [1.82, 2.24) is 9.88 Å². The molecule has 0 radical (unpaired) electrons. The van der Waals surface area contributed by atoms with Gasteiger partial charge in [0.1, 0.15) is 0 Å². The number of rotatable bonds is 1. The Morgan fingerprint density at radius 1 is 1.41 bits per heavy atom. The minimum absolute atomic E-state index is 0.235. The van der Waals surface area contributed by atoms with Crippen LogP contribution in [-0.2, 0) is 17.8 Å². The van der Waals surface area contributed by atoms with Gasteiger partial charge in [-0.1, -0.05) is 18.2 Å². The number of carbonyl (C=O) groups excluding carboxylic acids is 1. The highest BCUT2D eigenvalue weighted by Crippen LogP contribution is 2.30. The first-order valence-electron chi connectivity index (χ1n) is 5.79. The molecule has 1 aromatic heterocycles. The van der Waals surface area contributed by atoms with Crippen LogP contribution in [0.3, 0.4) is 0 Å². The average Bonchev–Trinajstić information content (AvgIpc) is 2.86. The SMILES string of the molecule is CCOC(=O)N1Cc2[nH]c3ccccc3c2C1. The lowest BCUT2D eigenvalue weighted by molar-refractivity contribution is 0.106. The van der Waals surface area contributed by atoms with Gasteiger partial charge < -0.3 is 9.72 Å². The summed E-state index contributed by atoms with van der Waals surface area (Å²) in [7, 11) is 0. The summed E-state index contributed by atoms with van der Waals surface area (Å²) < 4.78 is 5.01. The smallest absolute Gasteiger partial charge is 0.410 e. The van der Waals surface area contributed by atoms with Crippen LogP contribution in [0.5, 0.6) is 0 Å². The van der Waals surface area contributed by atoms with Crippen LogP contribution in [0.15, 0.2) is 24.3 Å². The van der Waals surface area contributed by atoms with Crippen molar-refractivity contribution in [2.75, 3.05) is 6.61 Å². The summed E-state index contributed by atoms with van der Waals surface area (Å²) in [6, 6.07) is 8.17. The lowest BCUT2D eigenvalue weighted by Gasteiger charge is -2.14. The molecule has 2 heterocycles. The summed E-state index contributed by atoms with van der Waals surface area (Å²) >= 11 is 0. The molecule has 17 heavy (non-hydrogen) atoms. The number of aromatic amines is 1. The normalized spacial score (nSPS) is 14.1. The van der Waals surface area contributed by atoms with E-state index >= 15 is 0 Å². The number of amides is 1. The highest BCUT2D eigenvalue weighted by Gasteiger charge is 2.27. The van der Waals surface area contributed by atoms with E-state index < -0.39 is 0 Å². The van der Waals surface area contributed by atoms with Gasteiger partial charge in [0, 0.05) is 22.2 Å². The van der Waals surface area contributed by atoms with E-state index in [0.29, 0.717) is 19.7 Å². The molecule has 1 N–H and O–H groups in total. The van der Waals surface area contributed by atoms with Gasteiger partial charge in [0.15, 0.2) is 0 Å². The third kappa shape index (κ3) is 1.56. The Kier molecular flexibility index (Phi) is 2.28. The van der Waals surface area contributed by atoms with Gasteiger partial charge >= 0.3 is 6.09 Å². The molecule has 0 unspecified atom stereocenters. The molecule has 0 spiro atoms. The van der Waals surface area contributed by atoms with Gasteiger partial charge in [-0.3, -0.25) is 4.90 Å². The Morgan fingerprint density at radius 2 is 2.24 bits per heavy atom. The van der Waals surface area contributed by atoms with Crippen LogP contribution in [0.25, 0.3) is 10.9 Å². The molecule has 0 fully saturated rings. The fourth-order valence-corrected chi connectivity index (χ4v) is 2.35. The first-order valence-corrected chi connectivity index (χ1v) is 5.79. The summed E-state index contributed by atoms with van der Waals surface area (Å²) in [5.74, 6) is 0. The van der Waals surface area contributed by atoms with Crippen molar-refractivity contribution in [2.24, 2.45) is 0 Å². The van der Waals surface area contributed by atoms with Crippen molar-refractivity contribution in [3.05, 3.63) is 35.5 Å². The Hall–Kier alpha value is -1.97. The van der Waals surface area contributed by atoms with Crippen molar-refractivity contribution in [2.45, 2.75) is 20.0 Å². The van der Waals surface area contributed by atoms with E-state index in [4.69, 9.17) is 4.74 Å². The molecular weight excluding hydrogens is 216 g/mol. The van der Waals surface area contributed by atoms with Gasteiger partial charge in [-0.2, -0.15) is 0 Å². The zero-order valence-electron chi connectivity index (χ0n) is 9.69. The van der Waals surface area contributed by atoms with Crippen LogP contribution in [0.4, 0.5) is 4.79 Å². The standard InChI is InChI=1S/C13H14N2O2/c1-2-17-13(16)15-7-10-9-5-3-4-6-11(9)14-12(10)8-15/h3-6,14H,2,7-8H2,1H3. The molecule has 1 aliphatic rings. The van der Waals surface area contributed by atoms with E-state index in [2.05, 4.69) is 17.1 Å². The molecule has 2 aromatic rings. The van der Waals surface area contributed by atoms with Crippen LogP contribution >= 0.6 is 0 Å². The quantitative estimate of drug-likeness (QED) is 0.818. The van der Waals surface area contributed by atoms with Gasteiger partial charge in [-0.15, -0.1) is 0 Å². The predicted octanol–water partition coefficient (Wildman–Crippen LogP) is 2.64. The molecule has 1 amide bonds. The number of hydrogen-bond donors (Lipinski definition) is 1. The maximum atomic E-state index is 11.6. The fourth-order valence-electron chi connectivity index (χ4n) is 2.35. The summed E-state index contributed by atoms with van der Waals surface area (Å²) in [6.45, 7) is 3.49. The van der Waals surface area contributed by atoms with Gasteiger partial charge in [0.05, 0.1) is 19.7 Å². The van der Waals surface area contributed by atoms with E-state index in [1.807, 2.05) is 19.1 Å². The Balaban J connectivity index is 1.91. The molecule has 0 atom stereocenters. The van der Waals surface area contributed by atoms with E-state index in [-0.39, 0.29) is 6.09 Å². The van der Waals surface area contributed by atoms with E-state index in [1.165, 1.54) is 10.9 Å². The second-order valence-electron chi connectivity index (χ2n) is 4.18. The number of ether oxygens (including phenoxy) is 1. The number of fused-ring (bicyclic) bond motifs is 3. The zero-order chi connectivity index (χ0) is 11.8. The molecule has 4 nitrogen and oxygen atoms in total. The highest BCUT2D eigenvalue weighted by atomic mass is 16.6. The van der Waals surface area contributed by atoms with Gasteiger partial charge in [0.2, 0.25) is 0 Å². The number of aromatic nitrogens is 1. The number of benzene rings is 1. The van der Waals surface area contributed by atoms with Crippen molar-refractivity contribution >= 4 is 17.0 Å². The number of nitrogens with zero attached hydrogens (tertiary/aromatic N) is 1. The van der Waals surface area contributed by atoms with Crippen molar-refractivity contribution in [3.8, 4) is 0 Å². The number of carbonyl (C=O) groups is 1. The van der Waals surface area contributed by atoms with E-state index in [0.717, 1.165) is 11.2 Å². The van der Waals surface area contributed by atoms with Crippen LogP contribution < -0.4 is 0 Å². The van der Waals surface area contributed by atoms with Crippen LogP contribution in [0.2, 0.25) is 0 Å². The first kappa shape index (κ1) is 10.2. The topological polar surface area (TPSA) is 45.3 Å². The molecular formula is C13H14N2O2. The maximum absolute atomic E-state index is 11.6. The summed E-state index contributed by atoms with van der Waals surface area (Å²) in [6.07, 6.45) is -0.235. The molecule has 1 aliphatic heterocycles. The molecule has 0 bridgehead atoms. The van der Waals surface area contributed by atoms with Crippen molar-refractivity contribution < 1.29 is 9.53 Å². The second-order valence-corrected chi connectivity index (χ2v) is 4.18. The molecule has 3 rings (SSSR count). The van der Waals surface area contributed by atoms with Gasteiger partial charge in [0.25, 0.3) is 0 Å². The minimum atomic E-state index is -0.235. The first-order chi connectivity index (χ1) is 8.29. The van der Waals surface area contributed by atoms with Crippen molar-refractivity contribution in [1.29, 1.82) is 0 Å². The van der Waals surface area contributed by atoms with Crippen molar-refractivity contribution in [3.63, 3.8) is 0 Å². The average molecular weight is 230 g/mol. The van der Waals surface area contributed by atoms with Gasteiger partial charge in [-0.05, 0) is 13.0 Å². The Labute approximate surface area is 99.2 Å². The maximum Gasteiger partial charge on any atom is 0.410 e. The monoisotopic (exact) mass is 230 g/mol. The molecule has 4 heteroatoms. The Bertz CT molecular complexity index is 574. The fraction of sp³-hybridized carbons (Fsp3) is 0.308. The highest BCUT2D eigenvalue weighted by molar-refractivity contribution is 5.86. The van der Waals surface area contributed by atoms with E-state index in [1.54, 1.807) is 4.90 Å². The molecule has 0 aliphatic carbocycles. The summed E-state index contributed by atoms with van der Waals surface area (Å²) in [4.78, 5) is 16.7. The molecule has 0 saturated carbocycles. The number of hydrogen-bond acceptors (Lipinski definition) is 2. The largest absolute Gasteiger partial charge is 0.450 e. The molecule has 1 aromatic carbocycles. The zero-order valence-corrected chi connectivity index (χ0v) is 9.69. The Morgan fingerprint density at radius 3 is 3.06 bits per heavy atom. The summed E-state index contributed by atoms with van der Waals surface area (Å²) in [5, 5.41) is 1.20. The van der Waals surface area contributed by atoms with E-state index in [9.17, 15) is 4.79 Å². The minimum Gasteiger partial charge on any atom is -0.450 e. The molecule has 88 valence electrons. The van der Waals surface area contributed by atoms with Crippen LogP contribution in [0, 0.1) is 0 Å². The number of para-hydroxylation sites is 1. The van der Waals surface area contributed by atoms with Crippen LogP contribution in [-0.4, -0.2) is 22.6 Å². The number of nitrogens with one attached hydrogen (secondary N) is 1. The lowest BCUT2D eigenvalue weighted by Crippen LogP contribution is -2.26. The third-order valence-corrected chi connectivity index (χ3v) is 3.13. The summed E-state index contributed by atoms with van der Waals surface area (Å²) in [5.41, 5.74) is 3.48.